The molecule has 0 saturated carbocycles. The number of likely N-dealkylation sites (N-methyl/N-ethyl adjacent to an activating group) is 1. The van der Waals surface area contributed by atoms with Gasteiger partial charge in [-0.05, 0) is 74.9 Å². The van der Waals surface area contributed by atoms with Crippen molar-refractivity contribution in [2.45, 2.75) is 179 Å². The molecule has 306 valence electrons. The summed E-state index contributed by atoms with van der Waals surface area (Å²) in [5.74, 6) is -4.98. The summed E-state index contributed by atoms with van der Waals surface area (Å²) in [6.45, 7) is 16.3. The van der Waals surface area contributed by atoms with Gasteiger partial charge in [0, 0.05) is 37.3 Å². The van der Waals surface area contributed by atoms with Crippen LogP contribution in [0.4, 0.5) is 0 Å². The highest BCUT2D eigenvalue weighted by atomic mass is 16.7. The lowest BCUT2D eigenvalue weighted by Crippen LogP contribution is -2.61. The number of ether oxygens (including phenoxy) is 6. The molecule has 3 aliphatic rings. The van der Waals surface area contributed by atoms with Crippen LogP contribution in [0.3, 0.4) is 0 Å². The first-order valence-electron chi connectivity index (χ1n) is 18.5. The van der Waals surface area contributed by atoms with Crippen LogP contribution >= 0.6 is 0 Å². The number of aliphatic hydroxyl groups is 5. The molecule has 0 radical (unpaired) electrons. The highest BCUT2D eigenvalue weighted by Crippen LogP contribution is 2.40. The molecule has 0 bridgehead atoms. The van der Waals surface area contributed by atoms with E-state index < -0.39 is 108 Å². The normalized spacial score (nSPS) is 48.8. The maximum Gasteiger partial charge on any atom is 0.311 e. The number of carbonyl (C=O) groups is 2. The Balaban J connectivity index is 0.00000936. The number of cyclic esters (lactones) is 1. The van der Waals surface area contributed by atoms with E-state index >= 15 is 0 Å². The van der Waals surface area contributed by atoms with Gasteiger partial charge in [0.1, 0.15) is 29.7 Å². The number of hydrogen-bond acceptors (Lipinski definition) is 14. The third kappa shape index (κ3) is 9.90. The van der Waals surface area contributed by atoms with Crippen LogP contribution < -0.4 is 0 Å². The lowest BCUT2D eigenvalue weighted by Gasteiger charge is -2.49. The fourth-order valence-electron chi connectivity index (χ4n) is 8.41. The van der Waals surface area contributed by atoms with Crippen LogP contribution in [0, 0.1) is 23.7 Å². The van der Waals surface area contributed by atoms with Gasteiger partial charge in [0.05, 0.1) is 47.6 Å². The second kappa shape index (κ2) is 18.1. The molecular weight excluding hydrogens is 682 g/mol. The third-order valence-corrected chi connectivity index (χ3v) is 11.8. The number of esters is 1. The van der Waals surface area contributed by atoms with Crippen LogP contribution in [0.1, 0.15) is 94.9 Å². The van der Waals surface area contributed by atoms with E-state index in [1.54, 1.807) is 41.5 Å². The van der Waals surface area contributed by atoms with Gasteiger partial charge in [-0.25, -0.2) is 0 Å². The first-order valence-corrected chi connectivity index (χ1v) is 18.5. The highest BCUT2D eigenvalue weighted by Gasteiger charge is 2.53. The van der Waals surface area contributed by atoms with Crippen LogP contribution in [0.25, 0.3) is 0 Å². The Bertz CT molecular complexity index is 1170. The topological polar surface area (TPSA) is 225 Å². The molecule has 7 N–H and O–H groups in total. The number of rotatable bonds is 7. The molecule has 1 unspecified atom stereocenters. The van der Waals surface area contributed by atoms with E-state index in [1.165, 1.54) is 27.9 Å². The fourth-order valence-corrected chi connectivity index (χ4v) is 8.41. The minimum atomic E-state index is -1.99. The van der Waals surface area contributed by atoms with Gasteiger partial charge < -0.3 is 64.3 Å². The molecule has 15 heteroatoms. The maximum atomic E-state index is 14.1. The lowest BCUT2D eigenvalue weighted by molar-refractivity contribution is -0.318. The highest BCUT2D eigenvalue weighted by molar-refractivity contribution is 5.83. The van der Waals surface area contributed by atoms with Gasteiger partial charge in [0.2, 0.25) is 0 Å². The Hall–Kier alpha value is -1.34. The number of aliphatic hydroxyl groups excluding tert-OH is 3. The summed E-state index contributed by atoms with van der Waals surface area (Å²) in [6.07, 6.45) is -9.71. The Kier molecular flexibility index (Phi) is 16.3. The van der Waals surface area contributed by atoms with Crippen molar-refractivity contribution >= 4 is 11.8 Å². The summed E-state index contributed by atoms with van der Waals surface area (Å²) in [4.78, 5) is 29.8. The predicted molar refractivity (Wildman–Crippen MR) is 190 cm³/mol. The molecule has 3 saturated heterocycles. The Morgan fingerprint density at radius 1 is 0.885 bits per heavy atom. The molecule has 0 aliphatic carbocycles. The zero-order chi connectivity index (χ0) is 39.0. The molecule has 3 fully saturated rings. The summed E-state index contributed by atoms with van der Waals surface area (Å²) < 4.78 is 37.1. The number of carbonyl (C=O) groups excluding carboxylic acids is 2. The van der Waals surface area contributed by atoms with Gasteiger partial charge in [-0.15, -0.1) is 0 Å². The summed E-state index contributed by atoms with van der Waals surface area (Å²) in [5.41, 5.74) is -4.84. The largest absolute Gasteiger partial charge is 0.459 e. The Labute approximate surface area is 309 Å². The molecule has 3 heterocycles. The molecule has 0 aromatic heterocycles. The minimum Gasteiger partial charge on any atom is -0.459 e. The van der Waals surface area contributed by atoms with Crippen LogP contribution in [-0.4, -0.2) is 153 Å². The molecule has 0 spiro atoms. The second-order valence-electron chi connectivity index (χ2n) is 16.5. The van der Waals surface area contributed by atoms with E-state index in [0.29, 0.717) is 6.42 Å². The second-order valence-corrected chi connectivity index (χ2v) is 16.5. The van der Waals surface area contributed by atoms with Gasteiger partial charge in [-0.3, -0.25) is 9.59 Å². The van der Waals surface area contributed by atoms with Crippen LogP contribution in [0.5, 0.6) is 0 Å². The van der Waals surface area contributed by atoms with Gasteiger partial charge in [-0.2, -0.15) is 0 Å². The van der Waals surface area contributed by atoms with Crippen LogP contribution in [-0.2, 0) is 38.0 Å². The number of hydrogen-bond donors (Lipinski definition) is 5. The van der Waals surface area contributed by atoms with E-state index in [1.807, 2.05) is 25.9 Å². The molecular formula is C37H69NO14. The smallest absolute Gasteiger partial charge is 0.311 e. The maximum absolute atomic E-state index is 14.1. The van der Waals surface area contributed by atoms with E-state index in [2.05, 4.69) is 0 Å². The van der Waals surface area contributed by atoms with Gasteiger partial charge in [0.25, 0.3) is 0 Å². The van der Waals surface area contributed by atoms with Crippen molar-refractivity contribution in [2.75, 3.05) is 21.2 Å². The average Bonchev–Trinajstić information content (AvgIpc) is 3.05. The molecule has 0 aromatic carbocycles. The predicted octanol–water partition coefficient (Wildman–Crippen LogP) is 0.961. The first-order chi connectivity index (χ1) is 23.4. The molecule has 52 heavy (non-hydrogen) atoms. The molecule has 0 amide bonds. The number of nitrogens with zero attached hydrogens (tertiary/aromatic N) is 1. The standard InChI is InChI=1S/C37H67NO13.H2O/c1-14-25-37(10,45)30(41)20(4)27(39)18(2)16-35(8,44)32(51-34-28(40)24(38(11)12)15-19(3)47-34)21(5)29(22(6)33(43)49-25)50-26-17-36(9,46-13)31(42)23(7)48-26;/h18-26,28-32,34,40-42,44-45H,14-17H2,1-13H3;1H2/t18?,19-,20+,21+,22-,23+,24+,25-,26+,28-,29+,30-,31+,32-,34+,35-,36-,37-;/m1./s1. The van der Waals surface area contributed by atoms with Crippen molar-refractivity contribution in [1.29, 1.82) is 0 Å². The average molecular weight is 752 g/mol. The van der Waals surface area contributed by atoms with E-state index in [0.717, 1.165) is 0 Å². The van der Waals surface area contributed by atoms with E-state index in [-0.39, 0.29) is 36.9 Å². The van der Waals surface area contributed by atoms with Crippen molar-refractivity contribution in [3.63, 3.8) is 0 Å². The summed E-state index contributed by atoms with van der Waals surface area (Å²) in [7, 11) is 5.18. The molecule has 3 aliphatic heterocycles. The molecule has 3 rings (SSSR count). The SMILES string of the molecule is CC[C@H]1OC(=O)[C@H](C)[C@@H](O[C@H]2C[C@@](C)(OC)[C@@H](O)[C@H](C)O2)[C@H](C)[C@@H](O[C@@H]2O[C@H](C)C[C@H](N(C)C)[C@H]2O)[C@](C)(O)CC(C)C(=O)[C@H](C)[C@@H](O)[C@]1(C)O.O. The van der Waals surface area contributed by atoms with Crippen LogP contribution in [0.2, 0.25) is 0 Å². The summed E-state index contributed by atoms with van der Waals surface area (Å²) >= 11 is 0. The molecule has 18 atom stereocenters. The summed E-state index contributed by atoms with van der Waals surface area (Å²) in [6, 6.07) is -0.324. The van der Waals surface area contributed by atoms with Gasteiger partial charge in [0.15, 0.2) is 12.6 Å². The monoisotopic (exact) mass is 751 g/mol. The van der Waals surface area contributed by atoms with Crippen molar-refractivity contribution in [1.82, 2.24) is 4.90 Å². The zero-order valence-electron chi connectivity index (χ0n) is 33.4. The Morgan fingerprint density at radius 2 is 1.48 bits per heavy atom. The van der Waals surface area contributed by atoms with Crippen molar-refractivity contribution < 1.29 is 69.0 Å². The summed E-state index contributed by atoms with van der Waals surface area (Å²) in [5, 5.41) is 57.6. The minimum absolute atomic E-state index is 0. The van der Waals surface area contributed by atoms with Crippen molar-refractivity contribution in [3.8, 4) is 0 Å². The quantitative estimate of drug-likeness (QED) is 0.229. The molecule has 0 aromatic rings. The third-order valence-electron chi connectivity index (χ3n) is 11.8. The number of methoxy groups -OCH3 is 1. The first kappa shape index (κ1) is 46.8. The van der Waals surface area contributed by atoms with E-state index in [4.69, 9.17) is 28.4 Å². The number of ketones is 1. The van der Waals surface area contributed by atoms with E-state index in [9.17, 15) is 35.1 Å². The van der Waals surface area contributed by atoms with Gasteiger partial charge in [-0.1, -0.05) is 27.7 Å². The number of Topliss-reactive ketones (excluding diaryl/α,β-unsaturated/α-hetero) is 1. The van der Waals surface area contributed by atoms with Crippen LogP contribution in [0.15, 0.2) is 0 Å². The fraction of sp³-hybridized carbons (Fsp3) is 0.946. The van der Waals surface area contributed by atoms with Crippen molar-refractivity contribution in [3.05, 3.63) is 0 Å². The molecule has 15 nitrogen and oxygen atoms in total. The zero-order valence-corrected chi connectivity index (χ0v) is 33.4. The van der Waals surface area contributed by atoms with Gasteiger partial charge >= 0.3 is 5.97 Å². The van der Waals surface area contributed by atoms with Crippen molar-refractivity contribution in [2.24, 2.45) is 23.7 Å². The lowest BCUT2D eigenvalue weighted by atomic mass is 9.74. The Morgan fingerprint density at radius 3 is 2.02 bits per heavy atom.